The second-order valence-corrected chi connectivity index (χ2v) is 7.62. The molecule has 3 aromatic rings. The minimum absolute atomic E-state index is 0.0746. The fraction of sp³-hybridized carbons (Fsp3) is 0.304. The number of aromatic hydroxyl groups is 1. The van der Waals surface area contributed by atoms with Gasteiger partial charge in [0.1, 0.15) is 54.4 Å². The number of carbonyl (C=O) groups is 1. The van der Waals surface area contributed by atoms with E-state index in [1.807, 2.05) is 0 Å². The molecule has 0 aliphatic carbocycles. The summed E-state index contributed by atoms with van der Waals surface area (Å²) < 4.78 is 21.5. The summed E-state index contributed by atoms with van der Waals surface area (Å²) in [5, 5.41) is 40.1. The van der Waals surface area contributed by atoms with Crippen molar-refractivity contribution in [2.24, 2.45) is 0 Å². The summed E-state index contributed by atoms with van der Waals surface area (Å²) in [4.78, 5) is 23.9. The van der Waals surface area contributed by atoms with E-state index in [1.165, 1.54) is 43.5 Å². The van der Waals surface area contributed by atoms with Crippen LogP contribution in [-0.2, 0) is 14.3 Å². The molecule has 2 heterocycles. The zero-order valence-electron chi connectivity index (χ0n) is 17.5. The van der Waals surface area contributed by atoms with Gasteiger partial charge in [-0.1, -0.05) is 12.1 Å². The number of fused-ring (bicyclic) bond motifs is 1. The Kier molecular flexibility index (Phi) is 6.34. The van der Waals surface area contributed by atoms with E-state index in [9.17, 15) is 30.0 Å². The van der Waals surface area contributed by atoms with Crippen molar-refractivity contribution in [1.82, 2.24) is 0 Å². The van der Waals surface area contributed by atoms with Crippen molar-refractivity contribution >= 4 is 16.9 Å². The van der Waals surface area contributed by atoms with E-state index in [-0.39, 0.29) is 34.5 Å². The quantitative estimate of drug-likeness (QED) is 0.405. The lowest BCUT2D eigenvalue weighted by atomic mass is 9.99. The van der Waals surface area contributed by atoms with Gasteiger partial charge in [-0.3, -0.25) is 9.59 Å². The summed E-state index contributed by atoms with van der Waals surface area (Å²) in [5.41, 5.74) is 0.811. The number of benzene rings is 2. The molecule has 33 heavy (non-hydrogen) atoms. The van der Waals surface area contributed by atoms with E-state index < -0.39 is 36.7 Å². The zero-order chi connectivity index (χ0) is 23.7. The topological polar surface area (TPSA) is 156 Å². The first-order chi connectivity index (χ1) is 15.7. The van der Waals surface area contributed by atoms with Crippen LogP contribution in [0.5, 0.6) is 11.5 Å². The molecule has 4 rings (SSSR count). The molecule has 5 atom stereocenters. The number of hydrogen-bond acceptors (Lipinski definition) is 10. The highest BCUT2D eigenvalue weighted by Gasteiger charge is 2.45. The maximum Gasteiger partial charge on any atom is 0.302 e. The first kappa shape index (κ1) is 22.7. The summed E-state index contributed by atoms with van der Waals surface area (Å²) in [6.45, 7) is 0.844. The van der Waals surface area contributed by atoms with Gasteiger partial charge >= 0.3 is 5.97 Å². The van der Waals surface area contributed by atoms with Crippen LogP contribution < -0.4 is 10.2 Å². The molecule has 10 nitrogen and oxygen atoms in total. The first-order valence-electron chi connectivity index (χ1n) is 10.1. The van der Waals surface area contributed by atoms with Gasteiger partial charge in [0.15, 0.2) is 5.43 Å². The Labute approximate surface area is 187 Å². The summed E-state index contributed by atoms with van der Waals surface area (Å²) in [7, 11) is 0. The highest BCUT2D eigenvalue weighted by molar-refractivity contribution is 5.82. The molecule has 1 saturated heterocycles. The van der Waals surface area contributed by atoms with Gasteiger partial charge in [0.25, 0.3) is 0 Å². The molecular weight excluding hydrogens is 436 g/mol. The van der Waals surface area contributed by atoms with Crippen LogP contribution in [-0.4, -0.2) is 63.7 Å². The second kappa shape index (κ2) is 9.20. The van der Waals surface area contributed by atoms with Crippen molar-refractivity contribution in [2.75, 3.05) is 6.61 Å². The van der Waals surface area contributed by atoms with Gasteiger partial charge in [0.05, 0.1) is 10.9 Å². The fourth-order valence-electron chi connectivity index (χ4n) is 3.51. The number of aliphatic hydroxyl groups excluding tert-OH is 3. The number of phenolic OH excluding ortho intramolecular Hbond substituents is 1. The molecule has 0 unspecified atom stereocenters. The summed E-state index contributed by atoms with van der Waals surface area (Å²) >= 11 is 0. The Morgan fingerprint density at radius 3 is 2.45 bits per heavy atom. The third-order valence-corrected chi connectivity index (χ3v) is 5.30. The number of aliphatic hydroxyl groups is 3. The largest absolute Gasteiger partial charge is 0.508 e. The number of carbonyl (C=O) groups excluding carboxylic acids is 1. The van der Waals surface area contributed by atoms with E-state index in [0.717, 1.165) is 0 Å². The molecule has 0 radical (unpaired) electrons. The molecule has 1 aliphatic rings. The van der Waals surface area contributed by atoms with E-state index in [1.54, 1.807) is 12.1 Å². The smallest absolute Gasteiger partial charge is 0.302 e. The first-order valence-corrected chi connectivity index (χ1v) is 10.1. The number of rotatable bonds is 5. The molecule has 10 heteroatoms. The molecule has 0 saturated carbocycles. The Bertz CT molecular complexity index is 1200. The van der Waals surface area contributed by atoms with E-state index in [0.29, 0.717) is 11.1 Å². The monoisotopic (exact) mass is 458 g/mol. The van der Waals surface area contributed by atoms with Crippen LogP contribution in [0.2, 0.25) is 0 Å². The van der Waals surface area contributed by atoms with Gasteiger partial charge in [-0.15, -0.1) is 0 Å². The Morgan fingerprint density at radius 2 is 1.76 bits per heavy atom. The minimum Gasteiger partial charge on any atom is -0.508 e. The lowest BCUT2D eigenvalue weighted by Crippen LogP contribution is -2.60. The van der Waals surface area contributed by atoms with Gasteiger partial charge in [-0.05, 0) is 29.8 Å². The second-order valence-electron chi connectivity index (χ2n) is 7.62. The van der Waals surface area contributed by atoms with E-state index >= 15 is 0 Å². The van der Waals surface area contributed by atoms with Gasteiger partial charge in [-0.25, -0.2) is 0 Å². The highest BCUT2D eigenvalue weighted by Crippen LogP contribution is 2.28. The summed E-state index contributed by atoms with van der Waals surface area (Å²) in [5.74, 6) is -0.354. The fourth-order valence-corrected chi connectivity index (χ4v) is 3.51. The van der Waals surface area contributed by atoms with Crippen LogP contribution in [0.3, 0.4) is 0 Å². The molecule has 2 aromatic carbocycles. The van der Waals surface area contributed by atoms with Crippen molar-refractivity contribution in [1.29, 1.82) is 0 Å². The molecule has 1 aliphatic heterocycles. The standard InChI is InChI=1S/C23H22O10/c1-11(24)30-10-18-20(27)21(28)22(29)23(33-18)32-14-6-7-15-17(8-14)31-9-16(19(15)26)12-2-4-13(25)5-3-12/h2-9,18,20-23,25,27-29H,10H2,1H3/t18-,20+,21-,22+,23+/m0/s1. The summed E-state index contributed by atoms with van der Waals surface area (Å²) in [6, 6.07) is 10.5. The lowest BCUT2D eigenvalue weighted by Gasteiger charge is -2.39. The molecule has 0 bridgehead atoms. The maximum absolute atomic E-state index is 12.9. The summed E-state index contributed by atoms with van der Waals surface area (Å²) in [6.07, 6.45) is -5.90. The predicted molar refractivity (Wildman–Crippen MR) is 114 cm³/mol. The normalized spacial score (nSPS) is 25.0. The van der Waals surface area contributed by atoms with Gasteiger partial charge in [-0.2, -0.15) is 0 Å². The number of ether oxygens (including phenoxy) is 3. The number of phenols is 1. The average Bonchev–Trinajstić information content (AvgIpc) is 2.79. The van der Waals surface area contributed by atoms with Crippen LogP contribution in [0.1, 0.15) is 6.92 Å². The molecule has 1 aromatic heterocycles. The maximum atomic E-state index is 12.9. The molecular formula is C23H22O10. The van der Waals surface area contributed by atoms with Gasteiger partial charge < -0.3 is 39.1 Å². The predicted octanol–water partition coefficient (Wildman–Crippen LogP) is 0.915. The van der Waals surface area contributed by atoms with E-state index in [4.69, 9.17) is 18.6 Å². The zero-order valence-corrected chi connectivity index (χ0v) is 17.5. The molecule has 174 valence electrons. The third kappa shape index (κ3) is 4.69. The number of hydrogen-bond donors (Lipinski definition) is 4. The van der Waals surface area contributed by atoms with Crippen LogP contribution in [0.4, 0.5) is 0 Å². The van der Waals surface area contributed by atoms with E-state index in [2.05, 4.69) is 0 Å². The Balaban J connectivity index is 1.57. The minimum atomic E-state index is -1.60. The van der Waals surface area contributed by atoms with Gasteiger partial charge in [0, 0.05) is 13.0 Å². The molecule has 4 N–H and O–H groups in total. The molecule has 0 spiro atoms. The van der Waals surface area contributed by atoms with Gasteiger partial charge in [0.2, 0.25) is 6.29 Å². The average molecular weight is 458 g/mol. The highest BCUT2D eigenvalue weighted by atomic mass is 16.7. The lowest BCUT2D eigenvalue weighted by molar-refractivity contribution is -0.278. The van der Waals surface area contributed by atoms with Crippen LogP contribution in [0.25, 0.3) is 22.1 Å². The SMILES string of the molecule is CC(=O)OC[C@@H]1O[C@@H](Oc2ccc3c(=O)c(-c4ccc(O)cc4)coc3c2)[C@H](O)[C@@H](O)[C@@H]1O. The van der Waals surface area contributed by atoms with Crippen molar-refractivity contribution in [3.05, 3.63) is 59.0 Å². The van der Waals surface area contributed by atoms with Crippen molar-refractivity contribution in [2.45, 2.75) is 37.6 Å². The van der Waals surface area contributed by atoms with Crippen LogP contribution in [0.15, 0.2) is 57.9 Å². The Morgan fingerprint density at radius 1 is 1.03 bits per heavy atom. The van der Waals surface area contributed by atoms with Crippen molar-refractivity contribution in [3.8, 4) is 22.6 Å². The van der Waals surface area contributed by atoms with Crippen LogP contribution >= 0.6 is 0 Å². The van der Waals surface area contributed by atoms with Crippen molar-refractivity contribution < 1.29 is 43.8 Å². The van der Waals surface area contributed by atoms with Crippen LogP contribution in [0, 0.1) is 0 Å². The Hall–Kier alpha value is -3.44. The number of esters is 1. The third-order valence-electron chi connectivity index (χ3n) is 5.30. The van der Waals surface area contributed by atoms with Crippen molar-refractivity contribution in [3.63, 3.8) is 0 Å². The molecule has 1 fully saturated rings. The molecule has 0 amide bonds.